The molecule has 3 heteroatoms. The predicted molar refractivity (Wildman–Crippen MR) is 75.5 cm³/mol. The number of benzene rings is 1. The van der Waals surface area contributed by atoms with E-state index in [9.17, 15) is 0 Å². The molecule has 0 amide bonds. The van der Waals surface area contributed by atoms with Crippen LogP contribution in [0.25, 0.3) is 0 Å². The number of rotatable bonds is 6. The average molecular weight is 250 g/mol. The van der Waals surface area contributed by atoms with Crippen LogP contribution >= 0.6 is 11.8 Å². The van der Waals surface area contributed by atoms with Crippen LogP contribution in [0.4, 0.5) is 0 Å². The summed E-state index contributed by atoms with van der Waals surface area (Å²) in [4.78, 5) is 1.34. The van der Waals surface area contributed by atoms with Gasteiger partial charge in [0.1, 0.15) is 0 Å². The molecule has 2 rings (SSSR count). The third-order valence-corrected chi connectivity index (χ3v) is 4.12. The highest BCUT2D eigenvalue weighted by molar-refractivity contribution is 7.98. The normalized spacial score (nSPS) is 19.7. The molecule has 1 atom stereocenters. The minimum Gasteiger partial charge on any atom is -0.316 e. The molecule has 2 N–H and O–H groups in total. The molecular formula is C14H22N2S. The summed E-state index contributed by atoms with van der Waals surface area (Å²) in [7, 11) is 0. The maximum atomic E-state index is 3.53. The Morgan fingerprint density at radius 2 is 2.18 bits per heavy atom. The minimum atomic E-state index is 0.890. The molecule has 1 aliphatic rings. The zero-order valence-electron chi connectivity index (χ0n) is 10.5. The van der Waals surface area contributed by atoms with Gasteiger partial charge in [-0.25, -0.2) is 0 Å². The van der Waals surface area contributed by atoms with E-state index < -0.39 is 0 Å². The molecule has 1 fully saturated rings. The molecule has 0 aliphatic carbocycles. The maximum absolute atomic E-state index is 3.53. The Balaban J connectivity index is 1.63. The molecule has 1 unspecified atom stereocenters. The zero-order valence-corrected chi connectivity index (χ0v) is 11.4. The molecule has 0 aromatic heterocycles. The van der Waals surface area contributed by atoms with Crippen LogP contribution in [0.1, 0.15) is 18.4 Å². The summed E-state index contributed by atoms with van der Waals surface area (Å²) in [5.41, 5.74) is 1.38. The SMILES string of the molecule is CSc1ccc(CNCCC2CCNC2)cc1. The highest BCUT2D eigenvalue weighted by Gasteiger charge is 2.12. The van der Waals surface area contributed by atoms with Gasteiger partial charge in [-0.2, -0.15) is 0 Å². The van der Waals surface area contributed by atoms with Gasteiger partial charge in [-0.3, -0.25) is 0 Å². The molecule has 0 bridgehead atoms. The minimum absolute atomic E-state index is 0.890. The first-order valence-electron chi connectivity index (χ1n) is 6.43. The summed E-state index contributed by atoms with van der Waals surface area (Å²) in [5, 5.41) is 6.94. The van der Waals surface area contributed by atoms with E-state index in [4.69, 9.17) is 0 Å². The Bertz CT molecular complexity index is 317. The summed E-state index contributed by atoms with van der Waals surface area (Å²) in [6.45, 7) is 4.55. The molecule has 1 heterocycles. The summed E-state index contributed by atoms with van der Waals surface area (Å²) in [5.74, 6) is 0.890. The second-order valence-electron chi connectivity index (χ2n) is 4.67. The average Bonchev–Trinajstić information content (AvgIpc) is 2.88. The third kappa shape index (κ3) is 4.34. The van der Waals surface area contributed by atoms with Crippen molar-refractivity contribution in [1.29, 1.82) is 0 Å². The second-order valence-corrected chi connectivity index (χ2v) is 5.55. The van der Waals surface area contributed by atoms with Crippen LogP contribution in [0.15, 0.2) is 29.2 Å². The molecule has 1 aromatic rings. The van der Waals surface area contributed by atoms with Crippen LogP contribution in [0.3, 0.4) is 0 Å². The molecule has 1 saturated heterocycles. The summed E-state index contributed by atoms with van der Waals surface area (Å²) in [6.07, 6.45) is 4.77. The Kier molecular flexibility index (Phi) is 5.36. The lowest BCUT2D eigenvalue weighted by atomic mass is 10.1. The molecule has 1 aliphatic heterocycles. The Morgan fingerprint density at radius 3 is 2.82 bits per heavy atom. The first kappa shape index (κ1) is 12.9. The smallest absolute Gasteiger partial charge is 0.0205 e. The van der Waals surface area contributed by atoms with Crippen molar-refractivity contribution in [2.24, 2.45) is 5.92 Å². The van der Waals surface area contributed by atoms with Crippen molar-refractivity contribution in [3.63, 3.8) is 0 Å². The van der Waals surface area contributed by atoms with Crippen molar-refractivity contribution in [2.75, 3.05) is 25.9 Å². The van der Waals surface area contributed by atoms with E-state index in [0.29, 0.717) is 0 Å². The van der Waals surface area contributed by atoms with Crippen molar-refractivity contribution in [3.8, 4) is 0 Å². The first-order chi connectivity index (χ1) is 8.38. The van der Waals surface area contributed by atoms with Crippen LogP contribution < -0.4 is 10.6 Å². The van der Waals surface area contributed by atoms with Gasteiger partial charge in [0.05, 0.1) is 0 Å². The molecular weight excluding hydrogens is 228 g/mol. The standard InChI is InChI=1S/C14H22N2S/c1-17-14-4-2-12(3-5-14)10-15-8-6-13-7-9-16-11-13/h2-5,13,15-16H,6-11H2,1H3. The van der Waals surface area contributed by atoms with E-state index >= 15 is 0 Å². The fourth-order valence-electron chi connectivity index (χ4n) is 2.24. The van der Waals surface area contributed by atoms with E-state index in [1.54, 1.807) is 11.8 Å². The largest absolute Gasteiger partial charge is 0.316 e. The van der Waals surface area contributed by atoms with E-state index in [-0.39, 0.29) is 0 Å². The predicted octanol–water partition coefficient (Wildman–Crippen LogP) is 2.50. The Morgan fingerprint density at radius 1 is 1.35 bits per heavy atom. The molecule has 17 heavy (non-hydrogen) atoms. The molecule has 94 valence electrons. The van der Waals surface area contributed by atoms with Gasteiger partial charge >= 0.3 is 0 Å². The fourth-order valence-corrected chi connectivity index (χ4v) is 2.65. The van der Waals surface area contributed by atoms with Gasteiger partial charge in [0.15, 0.2) is 0 Å². The van der Waals surface area contributed by atoms with Crippen molar-refractivity contribution < 1.29 is 0 Å². The lowest BCUT2D eigenvalue weighted by molar-refractivity contribution is 0.500. The lowest BCUT2D eigenvalue weighted by Gasteiger charge is -2.09. The molecule has 2 nitrogen and oxygen atoms in total. The van der Waals surface area contributed by atoms with Gasteiger partial charge in [0.25, 0.3) is 0 Å². The highest BCUT2D eigenvalue weighted by Crippen LogP contribution is 2.15. The van der Waals surface area contributed by atoms with E-state index in [1.165, 1.54) is 36.4 Å². The Hall–Kier alpha value is -0.510. The van der Waals surface area contributed by atoms with Crippen LogP contribution in [0.5, 0.6) is 0 Å². The number of thioether (sulfide) groups is 1. The van der Waals surface area contributed by atoms with Crippen LogP contribution in [0.2, 0.25) is 0 Å². The monoisotopic (exact) mass is 250 g/mol. The molecule has 0 spiro atoms. The summed E-state index contributed by atoms with van der Waals surface area (Å²) < 4.78 is 0. The van der Waals surface area contributed by atoms with Crippen molar-refractivity contribution in [3.05, 3.63) is 29.8 Å². The lowest BCUT2D eigenvalue weighted by Crippen LogP contribution is -2.19. The van der Waals surface area contributed by atoms with Crippen molar-refractivity contribution >= 4 is 11.8 Å². The van der Waals surface area contributed by atoms with Gasteiger partial charge in [0, 0.05) is 11.4 Å². The summed E-state index contributed by atoms with van der Waals surface area (Å²) >= 11 is 1.80. The third-order valence-electron chi connectivity index (χ3n) is 3.38. The molecule has 0 saturated carbocycles. The van der Waals surface area contributed by atoms with Gasteiger partial charge in [-0.15, -0.1) is 11.8 Å². The molecule has 1 aromatic carbocycles. The second kappa shape index (κ2) is 7.04. The van der Waals surface area contributed by atoms with Gasteiger partial charge in [0.2, 0.25) is 0 Å². The van der Waals surface area contributed by atoms with Crippen LogP contribution in [-0.2, 0) is 6.54 Å². The Labute approximate surface area is 109 Å². The summed E-state index contributed by atoms with van der Waals surface area (Å²) in [6, 6.07) is 8.83. The number of nitrogens with one attached hydrogen (secondary N) is 2. The quantitative estimate of drug-likeness (QED) is 0.599. The number of hydrogen-bond donors (Lipinski definition) is 2. The first-order valence-corrected chi connectivity index (χ1v) is 7.65. The maximum Gasteiger partial charge on any atom is 0.0205 e. The number of hydrogen-bond acceptors (Lipinski definition) is 3. The van der Waals surface area contributed by atoms with Gasteiger partial charge in [-0.1, -0.05) is 12.1 Å². The highest BCUT2D eigenvalue weighted by atomic mass is 32.2. The van der Waals surface area contributed by atoms with Crippen molar-refractivity contribution in [2.45, 2.75) is 24.3 Å². The topological polar surface area (TPSA) is 24.1 Å². The van der Waals surface area contributed by atoms with E-state index in [0.717, 1.165) is 19.0 Å². The molecule has 0 radical (unpaired) electrons. The van der Waals surface area contributed by atoms with E-state index in [1.807, 2.05) is 0 Å². The van der Waals surface area contributed by atoms with Crippen LogP contribution in [0, 0.1) is 5.92 Å². The van der Waals surface area contributed by atoms with Crippen LogP contribution in [-0.4, -0.2) is 25.9 Å². The van der Waals surface area contributed by atoms with E-state index in [2.05, 4.69) is 41.2 Å². The zero-order chi connectivity index (χ0) is 11.9. The van der Waals surface area contributed by atoms with Gasteiger partial charge < -0.3 is 10.6 Å². The van der Waals surface area contributed by atoms with Gasteiger partial charge in [-0.05, 0) is 62.3 Å². The van der Waals surface area contributed by atoms with Crippen molar-refractivity contribution in [1.82, 2.24) is 10.6 Å². The fraction of sp³-hybridized carbons (Fsp3) is 0.571.